The molecule has 3 fully saturated rings. The lowest BCUT2D eigenvalue weighted by atomic mass is 9.45. The number of hydrogen-bond donors (Lipinski definition) is 2. The summed E-state index contributed by atoms with van der Waals surface area (Å²) in [4.78, 5) is 24.0. The molecule has 3 aliphatic rings. The van der Waals surface area contributed by atoms with E-state index < -0.39 is 0 Å². The van der Waals surface area contributed by atoms with Gasteiger partial charge >= 0.3 is 0 Å². The van der Waals surface area contributed by atoms with Crippen LogP contribution in [0.25, 0.3) is 0 Å². The van der Waals surface area contributed by atoms with Gasteiger partial charge in [-0.05, 0) is 49.9 Å². The topological polar surface area (TPSA) is 76.0 Å². The van der Waals surface area contributed by atoms with E-state index in [1.807, 2.05) is 13.8 Å². The maximum atomic E-state index is 12.2. The average Bonchev–Trinajstić information content (AvgIpc) is 2.50. The number of aromatic nitrogens is 2. The summed E-state index contributed by atoms with van der Waals surface area (Å²) in [5, 5.41) is 10.4. The predicted octanol–water partition coefficient (Wildman–Crippen LogP) is 2.25. The Bertz CT molecular complexity index is 710. The molecule has 1 amide bonds. The summed E-state index contributed by atoms with van der Waals surface area (Å²) in [5.41, 5.74) is 0.947. The molecule has 0 saturated heterocycles. The molecule has 4 rings (SSSR count). The molecule has 1 aromatic heterocycles. The quantitative estimate of drug-likeness (QED) is 0.857. The summed E-state index contributed by atoms with van der Waals surface area (Å²) in [7, 11) is 0. The number of carbonyl (C=O) groups excluding carboxylic acids is 1. The number of carbonyl (C=O) groups is 1. The molecule has 2 bridgehead atoms. The van der Waals surface area contributed by atoms with Crippen LogP contribution in [0.15, 0.2) is 17.1 Å². The smallest absolute Gasteiger partial charge is 0.269 e. The second kappa shape index (κ2) is 6.46. The van der Waals surface area contributed by atoms with Crippen molar-refractivity contribution in [3.63, 3.8) is 0 Å². The Morgan fingerprint density at radius 1 is 1.40 bits per heavy atom. The van der Waals surface area contributed by atoms with Gasteiger partial charge in [0.25, 0.3) is 5.56 Å². The van der Waals surface area contributed by atoms with Gasteiger partial charge in [0.05, 0.1) is 11.9 Å². The molecule has 3 aliphatic carbocycles. The van der Waals surface area contributed by atoms with Crippen LogP contribution in [0.3, 0.4) is 0 Å². The molecule has 6 heteroatoms. The third kappa shape index (κ3) is 3.44. The van der Waals surface area contributed by atoms with Crippen molar-refractivity contribution in [3.05, 3.63) is 22.6 Å². The van der Waals surface area contributed by atoms with E-state index in [2.05, 4.69) is 36.5 Å². The van der Waals surface area contributed by atoms with Crippen LogP contribution in [-0.2, 0) is 11.3 Å². The van der Waals surface area contributed by atoms with Gasteiger partial charge in [0, 0.05) is 18.2 Å². The molecular formula is C19H30N4O2. The monoisotopic (exact) mass is 346 g/mol. The first-order valence-electron chi connectivity index (χ1n) is 9.31. The van der Waals surface area contributed by atoms with Crippen molar-refractivity contribution in [1.29, 1.82) is 0 Å². The van der Waals surface area contributed by atoms with Crippen molar-refractivity contribution < 1.29 is 4.79 Å². The van der Waals surface area contributed by atoms with Crippen LogP contribution in [0, 0.1) is 23.2 Å². The summed E-state index contributed by atoms with van der Waals surface area (Å²) in [6, 6.07) is 1.99. The number of hydrogen-bond acceptors (Lipinski definition) is 4. The van der Waals surface area contributed by atoms with Gasteiger partial charge in [-0.3, -0.25) is 9.59 Å². The summed E-state index contributed by atoms with van der Waals surface area (Å²) in [6.45, 7) is 10.8. The van der Waals surface area contributed by atoms with Crippen LogP contribution < -0.4 is 16.2 Å². The fourth-order valence-corrected chi connectivity index (χ4v) is 4.69. The molecule has 4 atom stereocenters. The summed E-state index contributed by atoms with van der Waals surface area (Å²) >= 11 is 0. The van der Waals surface area contributed by atoms with Crippen molar-refractivity contribution in [1.82, 2.24) is 15.1 Å². The fraction of sp³-hybridized carbons (Fsp3) is 0.737. The molecule has 0 radical (unpaired) electrons. The molecule has 25 heavy (non-hydrogen) atoms. The number of rotatable bonds is 5. The Morgan fingerprint density at radius 2 is 2.12 bits per heavy atom. The average molecular weight is 346 g/mol. The molecule has 0 spiro atoms. The van der Waals surface area contributed by atoms with Crippen LogP contribution >= 0.6 is 0 Å². The fourth-order valence-electron chi connectivity index (χ4n) is 4.69. The van der Waals surface area contributed by atoms with Crippen molar-refractivity contribution in [2.45, 2.75) is 66.1 Å². The van der Waals surface area contributed by atoms with Gasteiger partial charge < -0.3 is 10.6 Å². The van der Waals surface area contributed by atoms with Gasteiger partial charge in [0.15, 0.2) is 0 Å². The SMILES string of the molecule is CC(C)NC(=O)Cn1ncc(N[C@@H]2C[C@@H]3C[C@H]([C@H]2C)C3(C)C)cc1=O. The van der Waals surface area contributed by atoms with Crippen LogP contribution in [0.2, 0.25) is 0 Å². The highest BCUT2D eigenvalue weighted by atomic mass is 16.2. The zero-order chi connectivity index (χ0) is 18.4. The molecule has 0 aliphatic heterocycles. The minimum absolute atomic E-state index is 0.0462. The zero-order valence-corrected chi connectivity index (χ0v) is 15.9. The third-order valence-corrected chi connectivity index (χ3v) is 6.32. The predicted molar refractivity (Wildman–Crippen MR) is 98.3 cm³/mol. The van der Waals surface area contributed by atoms with Gasteiger partial charge in [-0.1, -0.05) is 20.8 Å². The summed E-state index contributed by atoms with van der Waals surface area (Å²) in [5.74, 6) is 1.89. The number of anilines is 1. The van der Waals surface area contributed by atoms with Gasteiger partial charge in [0.1, 0.15) is 6.54 Å². The highest BCUT2D eigenvalue weighted by Gasteiger charge is 2.56. The third-order valence-electron chi connectivity index (χ3n) is 6.32. The molecule has 0 aromatic carbocycles. The Morgan fingerprint density at radius 3 is 2.68 bits per heavy atom. The number of nitrogens with zero attached hydrogens (tertiary/aromatic N) is 2. The van der Waals surface area contributed by atoms with E-state index in [0.717, 1.165) is 23.9 Å². The maximum Gasteiger partial charge on any atom is 0.269 e. The number of amides is 1. The van der Waals surface area contributed by atoms with Crippen molar-refractivity contribution >= 4 is 11.6 Å². The van der Waals surface area contributed by atoms with Crippen molar-refractivity contribution in [3.8, 4) is 0 Å². The molecular weight excluding hydrogens is 316 g/mol. The van der Waals surface area contributed by atoms with Gasteiger partial charge in [0.2, 0.25) is 5.91 Å². The standard InChI is InChI=1S/C19H30N4O2/c1-11(2)21-17(24)10-23-18(25)8-14(9-20-23)22-16-7-13-6-15(12(16)3)19(13,4)5/h8-9,11-13,15-16,22H,6-7,10H2,1-5H3,(H,21,24)/t12-,13+,15-,16-/m1/s1. The molecule has 1 aromatic rings. The first-order chi connectivity index (χ1) is 11.7. The largest absolute Gasteiger partial charge is 0.381 e. The second-order valence-corrected chi connectivity index (χ2v) is 8.67. The van der Waals surface area contributed by atoms with Crippen LogP contribution in [0.1, 0.15) is 47.5 Å². The normalized spacial score (nSPS) is 29.8. The Kier molecular flexibility index (Phi) is 4.64. The van der Waals surface area contributed by atoms with Gasteiger partial charge in [-0.2, -0.15) is 5.10 Å². The van der Waals surface area contributed by atoms with E-state index in [9.17, 15) is 9.59 Å². The molecule has 2 N–H and O–H groups in total. The Balaban J connectivity index is 1.64. The van der Waals surface area contributed by atoms with Gasteiger partial charge in [-0.15, -0.1) is 0 Å². The van der Waals surface area contributed by atoms with E-state index in [1.165, 1.54) is 11.1 Å². The lowest BCUT2D eigenvalue weighted by molar-refractivity contribution is -0.122. The Labute approximate surface area is 149 Å². The zero-order valence-electron chi connectivity index (χ0n) is 15.9. The highest BCUT2D eigenvalue weighted by Crippen LogP contribution is 2.61. The minimum Gasteiger partial charge on any atom is -0.381 e. The Hall–Kier alpha value is -1.85. The lowest BCUT2D eigenvalue weighted by Gasteiger charge is -2.62. The van der Waals surface area contributed by atoms with Crippen LogP contribution in [0.4, 0.5) is 5.69 Å². The van der Waals surface area contributed by atoms with E-state index in [4.69, 9.17) is 0 Å². The maximum absolute atomic E-state index is 12.2. The lowest BCUT2D eigenvalue weighted by Crippen LogP contribution is -2.58. The van der Waals surface area contributed by atoms with Crippen LogP contribution in [-0.4, -0.2) is 27.8 Å². The number of nitrogens with one attached hydrogen (secondary N) is 2. The molecule has 3 saturated carbocycles. The number of fused-ring (bicyclic) bond motifs is 2. The first kappa shape index (κ1) is 18.0. The molecule has 138 valence electrons. The van der Waals surface area contributed by atoms with E-state index >= 15 is 0 Å². The van der Waals surface area contributed by atoms with Crippen LogP contribution in [0.5, 0.6) is 0 Å². The summed E-state index contributed by atoms with van der Waals surface area (Å²) < 4.78 is 1.20. The van der Waals surface area contributed by atoms with Gasteiger partial charge in [-0.25, -0.2) is 4.68 Å². The van der Waals surface area contributed by atoms with E-state index in [0.29, 0.717) is 17.4 Å². The van der Waals surface area contributed by atoms with Crippen molar-refractivity contribution in [2.75, 3.05) is 5.32 Å². The first-order valence-corrected chi connectivity index (χ1v) is 9.31. The summed E-state index contributed by atoms with van der Waals surface area (Å²) in [6.07, 6.45) is 4.13. The molecule has 1 heterocycles. The highest BCUT2D eigenvalue weighted by molar-refractivity contribution is 5.75. The molecule has 6 nitrogen and oxygen atoms in total. The second-order valence-electron chi connectivity index (χ2n) is 8.67. The minimum atomic E-state index is -0.252. The van der Waals surface area contributed by atoms with E-state index in [1.54, 1.807) is 12.3 Å². The van der Waals surface area contributed by atoms with Crippen molar-refractivity contribution in [2.24, 2.45) is 23.2 Å². The molecule has 0 unspecified atom stereocenters. The van der Waals surface area contributed by atoms with E-state index in [-0.39, 0.29) is 24.1 Å².